The van der Waals surface area contributed by atoms with Crippen molar-refractivity contribution in [2.24, 2.45) is 4.99 Å². The Labute approximate surface area is 246 Å². The number of ether oxygens (including phenoxy) is 4. The second-order valence-electron chi connectivity index (χ2n) is 9.53. The number of esters is 1. The van der Waals surface area contributed by atoms with Gasteiger partial charge in [0.1, 0.15) is 6.61 Å². The number of aromatic nitrogens is 1. The lowest BCUT2D eigenvalue weighted by Crippen LogP contribution is -2.40. The van der Waals surface area contributed by atoms with Gasteiger partial charge in [-0.05, 0) is 42.7 Å². The van der Waals surface area contributed by atoms with Gasteiger partial charge in [-0.1, -0.05) is 49.3 Å². The van der Waals surface area contributed by atoms with Crippen molar-refractivity contribution in [1.29, 1.82) is 0 Å². The molecule has 0 fully saturated rings. The van der Waals surface area contributed by atoms with E-state index < -0.39 is 22.5 Å². The number of fused-ring (bicyclic) bond motifs is 1. The van der Waals surface area contributed by atoms with Crippen LogP contribution in [0.25, 0.3) is 6.08 Å². The number of nitro groups is 1. The van der Waals surface area contributed by atoms with Crippen LogP contribution >= 0.6 is 11.3 Å². The molecule has 0 N–H and O–H groups in total. The van der Waals surface area contributed by atoms with Crippen molar-refractivity contribution in [1.82, 2.24) is 4.57 Å². The Morgan fingerprint density at radius 3 is 2.64 bits per heavy atom. The van der Waals surface area contributed by atoms with Crippen LogP contribution in [0.4, 0.5) is 5.69 Å². The Balaban J connectivity index is 1.84. The lowest BCUT2D eigenvalue weighted by atomic mass is 9.95. The minimum Gasteiger partial charge on any atom is -0.493 e. The summed E-state index contributed by atoms with van der Waals surface area (Å²) in [5.74, 6) is 0.398. The van der Waals surface area contributed by atoms with Crippen LogP contribution in [0.15, 0.2) is 63.5 Å². The molecule has 0 spiro atoms. The molecule has 1 aliphatic heterocycles. The molecule has 222 valence electrons. The molecule has 1 aliphatic rings. The third-order valence-corrected chi connectivity index (χ3v) is 7.63. The summed E-state index contributed by atoms with van der Waals surface area (Å²) in [5.41, 5.74) is 1.22. The number of nitrogens with zero attached hydrogens (tertiary/aromatic N) is 3. The highest BCUT2D eigenvalue weighted by Gasteiger charge is 2.34. The van der Waals surface area contributed by atoms with E-state index in [0.29, 0.717) is 44.3 Å². The van der Waals surface area contributed by atoms with E-state index in [-0.39, 0.29) is 24.5 Å². The molecular weight excluding hydrogens is 562 g/mol. The number of nitro benzene ring substituents is 1. The van der Waals surface area contributed by atoms with Gasteiger partial charge in [0.2, 0.25) is 0 Å². The van der Waals surface area contributed by atoms with Crippen LogP contribution in [-0.2, 0) is 14.3 Å². The van der Waals surface area contributed by atoms with Crippen LogP contribution < -0.4 is 24.4 Å². The molecule has 1 aromatic heterocycles. The number of thiazole rings is 1. The maximum absolute atomic E-state index is 13.9. The van der Waals surface area contributed by atoms with Crippen LogP contribution in [-0.4, -0.2) is 49.5 Å². The van der Waals surface area contributed by atoms with Crippen molar-refractivity contribution in [2.75, 3.05) is 34.0 Å². The first-order chi connectivity index (χ1) is 20.3. The second-order valence-corrected chi connectivity index (χ2v) is 10.5. The smallest absolute Gasteiger partial charge is 0.338 e. The zero-order valence-electron chi connectivity index (χ0n) is 24.0. The predicted octanol–water partition coefficient (Wildman–Crippen LogP) is 3.91. The van der Waals surface area contributed by atoms with Crippen molar-refractivity contribution in [2.45, 2.75) is 39.2 Å². The van der Waals surface area contributed by atoms with Gasteiger partial charge in [0.05, 0.1) is 47.1 Å². The number of carbonyl (C=O) groups is 1. The van der Waals surface area contributed by atoms with Gasteiger partial charge in [-0.25, -0.2) is 9.79 Å². The first-order valence-electron chi connectivity index (χ1n) is 13.5. The summed E-state index contributed by atoms with van der Waals surface area (Å²) in [6.07, 6.45) is 4.60. The highest BCUT2D eigenvalue weighted by molar-refractivity contribution is 7.07. The van der Waals surface area contributed by atoms with Gasteiger partial charge in [0.25, 0.3) is 11.2 Å². The average molecular weight is 596 g/mol. The van der Waals surface area contributed by atoms with Gasteiger partial charge >= 0.3 is 5.97 Å². The Kier molecular flexibility index (Phi) is 10.3. The van der Waals surface area contributed by atoms with Gasteiger partial charge in [-0.3, -0.25) is 19.5 Å². The Bertz CT molecular complexity index is 1670. The van der Waals surface area contributed by atoms with Crippen LogP contribution in [0.5, 0.6) is 11.5 Å². The molecule has 0 radical (unpaired) electrons. The number of benzene rings is 2. The first kappa shape index (κ1) is 30.7. The molecule has 0 saturated heterocycles. The summed E-state index contributed by atoms with van der Waals surface area (Å²) in [6, 6.07) is 10.4. The third kappa shape index (κ3) is 6.77. The van der Waals surface area contributed by atoms with E-state index in [1.807, 2.05) is 0 Å². The van der Waals surface area contributed by atoms with Crippen molar-refractivity contribution in [3.63, 3.8) is 0 Å². The minimum absolute atomic E-state index is 0.0316. The molecule has 3 aromatic rings. The Morgan fingerprint density at radius 2 is 1.93 bits per heavy atom. The number of non-ortho nitro benzene ring substituents is 1. The average Bonchev–Trinajstić information content (AvgIpc) is 3.28. The van der Waals surface area contributed by atoms with Crippen molar-refractivity contribution >= 4 is 29.1 Å². The Morgan fingerprint density at radius 1 is 1.12 bits per heavy atom. The molecule has 12 heteroatoms. The van der Waals surface area contributed by atoms with Gasteiger partial charge in [0, 0.05) is 19.2 Å². The molecule has 0 amide bonds. The van der Waals surface area contributed by atoms with Crippen molar-refractivity contribution < 1.29 is 28.7 Å². The number of hydrogen-bond acceptors (Lipinski definition) is 10. The fourth-order valence-corrected chi connectivity index (χ4v) is 5.63. The number of carbonyl (C=O) groups excluding carboxylic acids is 1. The van der Waals surface area contributed by atoms with E-state index in [0.717, 1.165) is 30.6 Å². The quantitative estimate of drug-likeness (QED) is 0.126. The summed E-state index contributed by atoms with van der Waals surface area (Å²) in [6.45, 7) is 4.59. The topological polar surface area (TPSA) is 131 Å². The minimum atomic E-state index is -0.869. The standard InChI is InChI=1S/C30H33N3O8S/c1-5-6-7-13-40-23-12-11-21(18-24(23)39-4)27-26(29(35)41-15-14-38-3)19(2)31-30-32(27)28(34)25(42-30)17-20-9-8-10-22(16-20)33(36)37/h8-12,16-18,27H,5-7,13-15H2,1-4H3. The number of allylic oxidation sites excluding steroid dienone is 1. The molecule has 2 heterocycles. The number of rotatable bonds is 13. The maximum atomic E-state index is 13.9. The molecule has 4 rings (SSSR count). The monoisotopic (exact) mass is 595 g/mol. The molecule has 11 nitrogen and oxygen atoms in total. The second kappa shape index (κ2) is 14.1. The third-order valence-electron chi connectivity index (χ3n) is 6.65. The Hall–Kier alpha value is -4.29. The van der Waals surface area contributed by atoms with E-state index in [9.17, 15) is 19.7 Å². The largest absolute Gasteiger partial charge is 0.493 e. The summed E-state index contributed by atoms with van der Waals surface area (Å²) >= 11 is 1.13. The van der Waals surface area contributed by atoms with E-state index in [4.69, 9.17) is 18.9 Å². The molecule has 1 unspecified atom stereocenters. The molecule has 42 heavy (non-hydrogen) atoms. The van der Waals surface area contributed by atoms with Crippen molar-refractivity contribution in [3.8, 4) is 11.5 Å². The fraction of sp³-hybridized carbons (Fsp3) is 0.367. The zero-order chi connectivity index (χ0) is 30.2. The highest BCUT2D eigenvalue weighted by Crippen LogP contribution is 2.36. The van der Waals surface area contributed by atoms with E-state index >= 15 is 0 Å². The van der Waals surface area contributed by atoms with E-state index in [1.54, 1.807) is 43.3 Å². The lowest BCUT2D eigenvalue weighted by molar-refractivity contribution is -0.384. The van der Waals surface area contributed by atoms with Gasteiger partial charge < -0.3 is 18.9 Å². The molecular formula is C30H33N3O8S. The first-order valence-corrected chi connectivity index (χ1v) is 14.3. The van der Waals surface area contributed by atoms with Gasteiger partial charge in [-0.2, -0.15) is 0 Å². The SMILES string of the molecule is CCCCCOc1ccc(C2C(C(=O)OCCOC)=C(C)N=c3sc(=Cc4cccc([N+](=O)[O-])c4)c(=O)n32)cc1OC. The van der Waals surface area contributed by atoms with Gasteiger partial charge in [0.15, 0.2) is 16.3 Å². The van der Waals surface area contributed by atoms with Crippen LogP contribution in [0.2, 0.25) is 0 Å². The van der Waals surface area contributed by atoms with Crippen molar-refractivity contribution in [3.05, 3.63) is 94.7 Å². The summed E-state index contributed by atoms with van der Waals surface area (Å²) < 4.78 is 23.8. The molecule has 0 bridgehead atoms. The molecule has 0 saturated carbocycles. The maximum Gasteiger partial charge on any atom is 0.338 e. The number of hydrogen-bond donors (Lipinski definition) is 0. The summed E-state index contributed by atoms with van der Waals surface area (Å²) in [4.78, 5) is 43.0. The van der Waals surface area contributed by atoms with Crippen LogP contribution in [0, 0.1) is 10.1 Å². The highest BCUT2D eigenvalue weighted by atomic mass is 32.1. The molecule has 2 aromatic carbocycles. The van der Waals surface area contributed by atoms with E-state index in [2.05, 4.69) is 11.9 Å². The van der Waals surface area contributed by atoms with Crippen LogP contribution in [0.3, 0.4) is 0 Å². The molecule has 0 aliphatic carbocycles. The zero-order valence-corrected chi connectivity index (χ0v) is 24.8. The number of unbranched alkanes of at least 4 members (excludes halogenated alkanes) is 2. The fourth-order valence-electron chi connectivity index (χ4n) is 4.58. The van der Waals surface area contributed by atoms with Gasteiger partial charge in [-0.15, -0.1) is 0 Å². The predicted molar refractivity (Wildman–Crippen MR) is 158 cm³/mol. The molecule has 1 atom stereocenters. The normalized spacial score (nSPS) is 14.8. The number of methoxy groups -OCH3 is 2. The summed E-state index contributed by atoms with van der Waals surface area (Å²) in [7, 11) is 3.04. The van der Waals surface area contributed by atoms with Crippen LogP contribution in [0.1, 0.15) is 50.3 Å². The lowest BCUT2D eigenvalue weighted by Gasteiger charge is -2.25. The summed E-state index contributed by atoms with van der Waals surface area (Å²) in [5, 5.41) is 11.3. The van der Waals surface area contributed by atoms with E-state index in [1.165, 1.54) is 30.9 Å².